The highest BCUT2D eigenvalue weighted by molar-refractivity contribution is 5.76. The summed E-state index contributed by atoms with van der Waals surface area (Å²) in [5.74, 6) is 2.99. The van der Waals surface area contributed by atoms with Gasteiger partial charge in [0.1, 0.15) is 6.33 Å². The van der Waals surface area contributed by atoms with E-state index in [0.29, 0.717) is 18.2 Å². The Morgan fingerprint density at radius 2 is 1.83 bits per heavy atom. The van der Waals surface area contributed by atoms with Gasteiger partial charge in [-0.15, -0.1) is 0 Å². The number of hydrogen-bond acceptors (Lipinski definition) is 6. The van der Waals surface area contributed by atoms with Gasteiger partial charge in [-0.05, 0) is 87.8 Å². The molecule has 1 aromatic carbocycles. The summed E-state index contributed by atoms with van der Waals surface area (Å²) >= 11 is 0. The Kier molecular flexibility index (Phi) is 4.64. The largest absolute Gasteiger partial charge is 0.359 e. The summed E-state index contributed by atoms with van der Waals surface area (Å²) in [7, 11) is 0. The van der Waals surface area contributed by atoms with Gasteiger partial charge in [0.2, 0.25) is 11.6 Å². The molecule has 0 unspecified atom stereocenters. The normalized spacial score (nSPS) is 29.1. The second-order valence-corrected chi connectivity index (χ2v) is 9.56. The molecule has 2 aromatic rings. The van der Waals surface area contributed by atoms with Crippen LogP contribution < -0.4 is 10.2 Å². The van der Waals surface area contributed by atoms with E-state index in [0.717, 1.165) is 48.3 Å². The topological polar surface area (TPSA) is 84.2 Å². The van der Waals surface area contributed by atoms with Gasteiger partial charge < -0.3 is 10.2 Å². The molecule has 6 rings (SSSR count). The fourth-order valence-electron chi connectivity index (χ4n) is 6.59. The first-order valence-corrected chi connectivity index (χ1v) is 11.1. The summed E-state index contributed by atoms with van der Waals surface area (Å²) in [5.41, 5.74) is 1.94. The molecule has 4 aliphatic carbocycles. The van der Waals surface area contributed by atoms with Crippen LogP contribution in [0.25, 0.3) is 0 Å². The Morgan fingerprint density at radius 1 is 1.17 bits per heavy atom. The lowest BCUT2D eigenvalue weighted by atomic mass is 9.53. The third-order valence-electron chi connectivity index (χ3n) is 7.29. The van der Waals surface area contributed by atoms with Crippen LogP contribution in [0.1, 0.15) is 51.0 Å². The zero-order valence-corrected chi connectivity index (χ0v) is 17.7. The minimum Gasteiger partial charge on any atom is -0.359 e. The van der Waals surface area contributed by atoms with Gasteiger partial charge in [0.15, 0.2) is 0 Å². The molecular formula is C23H29N5O2. The third kappa shape index (κ3) is 3.30. The molecule has 0 saturated heterocycles. The van der Waals surface area contributed by atoms with Gasteiger partial charge in [0.05, 0.1) is 4.92 Å². The molecule has 4 aliphatic rings. The fraction of sp³-hybridized carbons (Fsp3) is 0.565. The highest BCUT2D eigenvalue weighted by atomic mass is 16.6. The van der Waals surface area contributed by atoms with Crippen LogP contribution in [0.2, 0.25) is 0 Å². The van der Waals surface area contributed by atoms with Crippen LogP contribution in [0, 0.1) is 34.8 Å². The predicted molar refractivity (Wildman–Crippen MR) is 117 cm³/mol. The minimum atomic E-state index is -0.323. The van der Waals surface area contributed by atoms with Crippen molar-refractivity contribution < 1.29 is 4.92 Å². The van der Waals surface area contributed by atoms with Gasteiger partial charge in [-0.25, -0.2) is 9.97 Å². The molecule has 4 bridgehead atoms. The van der Waals surface area contributed by atoms with Crippen molar-refractivity contribution in [3.8, 4) is 0 Å². The molecule has 1 heterocycles. The molecule has 1 N–H and O–H groups in total. The van der Waals surface area contributed by atoms with E-state index in [1.807, 2.05) is 43.0 Å². The number of hydrogen-bond donors (Lipinski definition) is 1. The highest BCUT2D eigenvalue weighted by Crippen LogP contribution is 2.57. The van der Waals surface area contributed by atoms with E-state index >= 15 is 0 Å². The monoisotopic (exact) mass is 407 g/mol. The van der Waals surface area contributed by atoms with Gasteiger partial charge >= 0.3 is 5.69 Å². The van der Waals surface area contributed by atoms with Crippen molar-refractivity contribution in [1.82, 2.24) is 9.97 Å². The summed E-state index contributed by atoms with van der Waals surface area (Å²) in [6.45, 7) is 4.59. The maximum atomic E-state index is 12.2. The van der Waals surface area contributed by atoms with Crippen molar-refractivity contribution in [2.24, 2.45) is 17.8 Å². The van der Waals surface area contributed by atoms with E-state index in [2.05, 4.69) is 15.3 Å². The number of benzene rings is 1. The molecule has 0 spiro atoms. The van der Waals surface area contributed by atoms with E-state index in [9.17, 15) is 10.1 Å². The maximum Gasteiger partial charge on any atom is 0.353 e. The molecule has 1 aromatic heterocycles. The highest BCUT2D eigenvalue weighted by Gasteiger charge is 2.51. The molecule has 4 saturated carbocycles. The molecular weight excluding hydrogens is 378 g/mol. The quantitative estimate of drug-likeness (QED) is 0.521. The molecule has 30 heavy (non-hydrogen) atoms. The predicted octanol–water partition coefficient (Wildman–Crippen LogP) is 5.23. The SMILES string of the molecule is CCN(c1cccc(C)c1)c1ncnc(NC23CC4CC(CC(C4)C2)C3)c1[N+](=O)[O-]. The number of anilines is 3. The van der Waals surface area contributed by atoms with Gasteiger partial charge in [0.25, 0.3) is 0 Å². The van der Waals surface area contributed by atoms with Gasteiger partial charge in [-0.3, -0.25) is 10.1 Å². The number of nitrogens with zero attached hydrogens (tertiary/aromatic N) is 4. The fourth-order valence-corrected chi connectivity index (χ4v) is 6.59. The van der Waals surface area contributed by atoms with Crippen molar-refractivity contribution in [2.75, 3.05) is 16.8 Å². The van der Waals surface area contributed by atoms with Crippen LogP contribution in [0.15, 0.2) is 30.6 Å². The van der Waals surface area contributed by atoms with E-state index in [-0.39, 0.29) is 16.1 Å². The molecule has 0 amide bonds. The summed E-state index contributed by atoms with van der Waals surface area (Å²) in [6.07, 6.45) is 8.75. The van der Waals surface area contributed by atoms with Crippen LogP contribution in [0.3, 0.4) is 0 Å². The second kappa shape index (κ2) is 7.22. The molecule has 0 atom stereocenters. The Balaban J connectivity index is 1.53. The lowest BCUT2D eigenvalue weighted by Gasteiger charge is -2.57. The molecule has 0 radical (unpaired) electrons. The standard InChI is InChI=1S/C23H29N5O2/c1-3-27(19-6-4-5-15(2)7-19)22-20(28(29)30)21(24-14-25-22)26-23-11-16-8-17(12-23)10-18(9-16)13-23/h4-7,14,16-18H,3,8-13H2,1-2H3,(H,24,25,26). The lowest BCUT2D eigenvalue weighted by Crippen LogP contribution is -2.55. The summed E-state index contributed by atoms with van der Waals surface area (Å²) in [4.78, 5) is 22.5. The average molecular weight is 408 g/mol. The first kappa shape index (κ1) is 19.3. The Hall–Kier alpha value is -2.70. The first-order chi connectivity index (χ1) is 14.5. The zero-order valence-electron chi connectivity index (χ0n) is 17.7. The molecule has 7 heteroatoms. The van der Waals surface area contributed by atoms with Gasteiger partial charge in [-0.2, -0.15) is 0 Å². The van der Waals surface area contributed by atoms with Gasteiger partial charge in [-0.1, -0.05) is 12.1 Å². The van der Waals surface area contributed by atoms with Crippen molar-refractivity contribution in [2.45, 2.75) is 57.9 Å². The molecule has 7 nitrogen and oxygen atoms in total. The van der Waals surface area contributed by atoms with E-state index < -0.39 is 0 Å². The van der Waals surface area contributed by atoms with E-state index in [1.165, 1.54) is 25.6 Å². The van der Waals surface area contributed by atoms with Crippen LogP contribution in [-0.4, -0.2) is 27.0 Å². The van der Waals surface area contributed by atoms with Crippen LogP contribution in [0.5, 0.6) is 0 Å². The van der Waals surface area contributed by atoms with Crippen LogP contribution in [-0.2, 0) is 0 Å². The van der Waals surface area contributed by atoms with Crippen molar-refractivity contribution >= 4 is 23.0 Å². The first-order valence-electron chi connectivity index (χ1n) is 11.1. The van der Waals surface area contributed by atoms with Crippen molar-refractivity contribution in [3.63, 3.8) is 0 Å². The Morgan fingerprint density at radius 3 is 2.40 bits per heavy atom. The molecule has 0 aliphatic heterocycles. The minimum absolute atomic E-state index is 0.0170. The smallest absolute Gasteiger partial charge is 0.353 e. The summed E-state index contributed by atoms with van der Waals surface area (Å²) in [5, 5.41) is 15.8. The second-order valence-electron chi connectivity index (χ2n) is 9.56. The number of rotatable bonds is 6. The molecule has 4 fully saturated rings. The van der Waals surface area contributed by atoms with Crippen LogP contribution >= 0.6 is 0 Å². The number of nitro groups is 1. The Labute approximate surface area is 177 Å². The maximum absolute atomic E-state index is 12.2. The average Bonchev–Trinajstić information content (AvgIpc) is 2.67. The number of aromatic nitrogens is 2. The summed E-state index contributed by atoms with van der Waals surface area (Å²) < 4.78 is 0. The van der Waals surface area contributed by atoms with E-state index in [1.54, 1.807) is 0 Å². The zero-order chi connectivity index (χ0) is 20.9. The third-order valence-corrected chi connectivity index (χ3v) is 7.29. The van der Waals surface area contributed by atoms with Crippen molar-refractivity contribution in [3.05, 3.63) is 46.3 Å². The summed E-state index contributed by atoms with van der Waals surface area (Å²) in [6, 6.07) is 7.98. The molecule has 158 valence electrons. The lowest BCUT2D eigenvalue weighted by molar-refractivity contribution is -0.383. The number of aryl methyl sites for hydroxylation is 1. The van der Waals surface area contributed by atoms with Crippen molar-refractivity contribution in [1.29, 1.82) is 0 Å². The van der Waals surface area contributed by atoms with Gasteiger partial charge in [0, 0.05) is 17.8 Å². The van der Waals surface area contributed by atoms with Crippen LogP contribution in [0.4, 0.5) is 23.0 Å². The van der Waals surface area contributed by atoms with E-state index in [4.69, 9.17) is 0 Å². The Bertz CT molecular complexity index is 941. The number of nitrogens with one attached hydrogen (secondary N) is 1.